The monoisotopic (exact) mass is 359 g/mol. The molecular weight excluding hydrogens is 330 g/mol. The molecule has 2 fully saturated rings. The Labute approximate surface area is 155 Å². The van der Waals surface area contributed by atoms with Crippen molar-refractivity contribution in [2.24, 2.45) is 5.92 Å². The standard InChI is InChI=1S/C20H29N3O3/c1-22(2)11-15-4-3-5-16(8-15)20(26)21-17-9-18(10-17)23(13-19(24)25)12-14-6-7-14/h3-5,8,14,17-18H,6-7,9-13H2,1-2H3,(H,21,26)(H,24,25). The number of carbonyl (C=O) groups is 2. The van der Waals surface area contributed by atoms with Crippen molar-refractivity contribution in [2.75, 3.05) is 27.2 Å². The van der Waals surface area contributed by atoms with E-state index < -0.39 is 5.97 Å². The predicted molar refractivity (Wildman–Crippen MR) is 100 cm³/mol. The van der Waals surface area contributed by atoms with Crippen LogP contribution in [0, 0.1) is 5.92 Å². The highest BCUT2D eigenvalue weighted by atomic mass is 16.4. The number of aliphatic carboxylic acids is 1. The van der Waals surface area contributed by atoms with Crippen LogP contribution in [0.15, 0.2) is 24.3 Å². The average molecular weight is 359 g/mol. The first-order chi connectivity index (χ1) is 12.4. The highest BCUT2D eigenvalue weighted by Crippen LogP contribution is 2.33. The number of hydrogen-bond acceptors (Lipinski definition) is 4. The summed E-state index contributed by atoms with van der Waals surface area (Å²) >= 11 is 0. The zero-order valence-corrected chi connectivity index (χ0v) is 15.6. The van der Waals surface area contributed by atoms with Crippen LogP contribution in [-0.2, 0) is 11.3 Å². The predicted octanol–water partition coefficient (Wildman–Crippen LogP) is 1.81. The molecule has 0 spiro atoms. The lowest BCUT2D eigenvalue weighted by Crippen LogP contribution is -2.55. The van der Waals surface area contributed by atoms with Crippen LogP contribution < -0.4 is 5.32 Å². The first kappa shape index (κ1) is 18.9. The van der Waals surface area contributed by atoms with Crippen LogP contribution in [0.2, 0.25) is 0 Å². The van der Waals surface area contributed by atoms with Crippen molar-refractivity contribution < 1.29 is 14.7 Å². The Hall–Kier alpha value is -1.92. The molecule has 0 bridgehead atoms. The van der Waals surface area contributed by atoms with Gasteiger partial charge < -0.3 is 15.3 Å². The number of rotatable bonds is 9. The number of carbonyl (C=O) groups excluding carboxylic acids is 1. The quantitative estimate of drug-likeness (QED) is 0.703. The van der Waals surface area contributed by atoms with Gasteiger partial charge in [0.05, 0.1) is 6.54 Å². The van der Waals surface area contributed by atoms with Gasteiger partial charge in [0, 0.05) is 30.7 Å². The molecule has 6 heteroatoms. The highest BCUT2D eigenvalue weighted by molar-refractivity contribution is 5.94. The summed E-state index contributed by atoms with van der Waals surface area (Å²) in [5.41, 5.74) is 1.80. The van der Waals surface area contributed by atoms with Gasteiger partial charge in [0.1, 0.15) is 0 Å². The van der Waals surface area contributed by atoms with Gasteiger partial charge >= 0.3 is 5.97 Å². The summed E-state index contributed by atoms with van der Waals surface area (Å²) in [6.45, 7) is 1.79. The van der Waals surface area contributed by atoms with Crippen LogP contribution in [0.5, 0.6) is 0 Å². The van der Waals surface area contributed by atoms with Gasteiger partial charge in [0.25, 0.3) is 5.91 Å². The fourth-order valence-electron chi connectivity index (χ4n) is 3.60. The number of carboxylic acids is 1. The molecule has 0 saturated heterocycles. The van der Waals surface area contributed by atoms with Crippen molar-refractivity contribution in [1.29, 1.82) is 0 Å². The zero-order chi connectivity index (χ0) is 18.7. The van der Waals surface area contributed by atoms with Crippen molar-refractivity contribution in [3.05, 3.63) is 35.4 Å². The van der Waals surface area contributed by atoms with Crippen molar-refractivity contribution in [2.45, 2.75) is 44.3 Å². The molecule has 6 nitrogen and oxygen atoms in total. The molecule has 1 aromatic rings. The molecule has 3 rings (SSSR count). The fraction of sp³-hybridized carbons (Fsp3) is 0.600. The third kappa shape index (κ3) is 5.29. The van der Waals surface area contributed by atoms with E-state index in [0.29, 0.717) is 11.5 Å². The second kappa shape index (κ2) is 8.18. The minimum absolute atomic E-state index is 0.0407. The molecule has 2 N–H and O–H groups in total. The van der Waals surface area contributed by atoms with Crippen molar-refractivity contribution in [3.8, 4) is 0 Å². The summed E-state index contributed by atoms with van der Waals surface area (Å²) in [4.78, 5) is 27.7. The summed E-state index contributed by atoms with van der Waals surface area (Å²) in [6.07, 6.45) is 4.10. The summed E-state index contributed by atoms with van der Waals surface area (Å²) < 4.78 is 0. The van der Waals surface area contributed by atoms with Crippen LogP contribution in [0.3, 0.4) is 0 Å². The molecule has 26 heavy (non-hydrogen) atoms. The molecular formula is C20H29N3O3. The van der Waals surface area contributed by atoms with E-state index in [0.717, 1.165) is 31.5 Å². The van der Waals surface area contributed by atoms with Gasteiger partial charge in [-0.25, -0.2) is 0 Å². The molecule has 0 aliphatic heterocycles. The topological polar surface area (TPSA) is 72.9 Å². The smallest absolute Gasteiger partial charge is 0.317 e. The Balaban J connectivity index is 1.49. The molecule has 0 radical (unpaired) electrons. The molecule has 1 aromatic carbocycles. The van der Waals surface area contributed by atoms with Crippen LogP contribution in [0.1, 0.15) is 41.6 Å². The Morgan fingerprint density at radius 2 is 1.96 bits per heavy atom. The summed E-state index contributed by atoms with van der Waals surface area (Å²) in [7, 11) is 4.01. The van der Waals surface area contributed by atoms with Crippen LogP contribution in [0.25, 0.3) is 0 Å². The van der Waals surface area contributed by atoms with Gasteiger partial charge in [0.15, 0.2) is 0 Å². The van der Waals surface area contributed by atoms with E-state index in [4.69, 9.17) is 5.11 Å². The van der Waals surface area contributed by atoms with Gasteiger partial charge in [-0.1, -0.05) is 12.1 Å². The summed E-state index contributed by atoms with van der Waals surface area (Å²) in [6, 6.07) is 8.14. The molecule has 0 unspecified atom stereocenters. The lowest BCUT2D eigenvalue weighted by molar-refractivity contribution is -0.139. The first-order valence-electron chi connectivity index (χ1n) is 9.41. The highest BCUT2D eigenvalue weighted by Gasteiger charge is 2.37. The van der Waals surface area contributed by atoms with Crippen molar-refractivity contribution >= 4 is 11.9 Å². The lowest BCUT2D eigenvalue weighted by Gasteiger charge is -2.42. The van der Waals surface area contributed by atoms with E-state index >= 15 is 0 Å². The first-order valence-corrected chi connectivity index (χ1v) is 9.41. The minimum atomic E-state index is -0.768. The molecule has 2 aliphatic carbocycles. The second-order valence-electron chi connectivity index (χ2n) is 8.00. The van der Waals surface area contributed by atoms with Crippen LogP contribution in [0.4, 0.5) is 0 Å². The van der Waals surface area contributed by atoms with Gasteiger partial charge in [-0.05, 0) is 63.4 Å². The normalized spacial score (nSPS) is 22.3. The fourth-order valence-corrected chi connectivity index (χ4v) is 3.60. The van der Waals surface area contributed by atoms with Gasteiger partial charge in [-0.2, -0.15) is 0 Å². The van der Waals surface area contributed by atoms with Gasteiger partial charge in [0.2, 0.25) is 0 Å². The number of nitrogens with zero attached hydrogens (tertiary/aromatic N) is 2. The number of hydrogen-bond donors (Lipinski definition) is 2. The third-order valence-corrected chi connectivity index (χ3v) is 5.18. The van der Waals surface area contributed by atoms with E-state index in [2.05, 4.69) is 15.1 Å². The van der Waals surface area contributed by atoms with Gasteiger partial charge in [-0.3, -0.25) is 14.5 Å². The van der Waals surface area contributed by atoms with Gasteiger partial charge in [-0.15, -0.1) is 0 Å². The van der Waals surface area contributed by atoms with E-state index in [1.54, 1.807) is 0 Å². The van der Waals surface area contributed by atoms with E-state index in [9.17, 15) is 9.59 Å². The Morgan fingerprint density at radius 1 is 1.23 bits per heavy atom. The van der Waals surface area contributed by atoms with Crippen LogP contribution in [-0.4, -0.2) is 66.1 Å². The minimum Gasteiger partial charge on any atom is -0.480 e. The Kier molecular flexibility index (Phi) is 5.94. The number of nitrogens with one attached hydrogen (secondary N) is 1. The molecule has 2 saturated carbocycles. The van der Waals surface area contributed by atoms with Crippen LogP contribution >= 0.6 is 0 Å². The maximum absolute atomic E-state index is 12.5. The molecule has 0 atom stereocenters. The molecule has 142 valence electrons. The summed E-state index contributed by atoms with van der Waals surface area (Å²) in [5.74, 6) is -0.140. The number of amides is 1. The number of benzene rings is 1. The SMILES string of the molecule is CN(C)Cc1cccc(C(=O)NC2CC(N(CC(=O)O)CC3CC3)C2)c1. The Morgan fingerprint density at radius 3 is 2.58 bits per heavy atom. The summed E-state index contributed by atoms with van der Waals surface area (Å²) in [5, 5.41) is 12.2. The zero-order valence-electron chi connectivity index (χ0n) is 15.6. The molecule has 1 amide bonds. The van der Waals surface area contributed by atoms with E-state index in [1.165, 1.54) is 12.8 Å². The van der Waals surface area contributed by atoms with E-state index in [-0.39, 0.29) is 24.5 Å². The molecule has 2 aliphatic rings. The third-order valence-electron chi connectivity index (χ3n) is 5.18. The van der Waals surface area contributed by atoms with E-state index in [1.807, 2.05) is 38.4 Å². The van der Waals surface area contributed by atoms with Crippen molar-refractivity contribution in [1.82, 2.24) is 15.1 Å². The number of carboxylic acid groups (broad SMARTS) is 1. The maximum atomic E-state index is 12.5. The molecule has 0 heterocycles. The molecule has 0 aromatic heterocycles. The average Bonchev–Trinajstić information content (AvgIpc) is 3.32. The Bertz CT molecular complexity index is 651. The largest absolute Gasteiger partial charge is 0.480 e. The lowest BCUT2D eigenvalue weighted by atomic mass is 9.85. The maximum Gasteiger partial charge on any atom is 0.317 e. The van der Waals surface area contributed by atoms with Crippen molar-refractivity contribution in [3.63, 3.8) is 0 Å². The second-order valence-corrected chi connectivity index (χ2v) is 8.00.